The van der Waals surface area contributed by atoms with Crippen LogP contribution in [0.4, 0.5) is 0 Å². The van der Waals surface area contributed by atoms with Gasteiger partial charge in [0.05, 0.1) is 11.4 Å². The molecule has 5 aromatic carbocycles. The summed E-state index contributed by atoms with van der Waals surface area (Å²) >= 11 is 0. The molecule has 3 heteroatoms. The van der Waals surface area contributed by atoms with Crippen molar-refractivity contribution in [3.05, 3.63) is 188 Å². The lowest BCUT2D eigenvalue weighted by Gasteiger charge is -2.36. The molecule has 0 radical (unpaired) electrons. The molecular weight excluding hydrogens is 655 g/mol. The first-order valence-electron chi connectivity index (χ1n) is 19.1. The van der Waals surface area contributed by atoms with Gasteiger partial charge in [-0.15, -0.1) is 0 Å². The maximum absolute atomic E-state index is 5.05. The van der Waals surface area contributed by atoms with Gasteiger partial charge in [-0.25, -0.2) is 4.98 Å². The third-order valence-corrected chi connectivity index (χ3v) is 11.7. The molecule has 0 unspecified atom stereocenters. The molecule has 1 saturated carbocycles. The topological polar surface area (TPSA) is 38.7 Å². The molecule has 54 heavy (non-hydrogen) atoms. The minimum absolute atomic E-state index is 0.204. The molecule has 1 fully saturated rings. The van der Waals surface area contributed by atoms with Crippen LogP contribution in [0.25, 0.3) is 78.1 Å². The van der Waals surface area contributed by atoms with Gasteiger partial charge < -0.3 is 0 Å². The summed E-state index contributed by atoms with van der Waals surface area (Å²) in [5, 5.41) is 0. The Hall–Kier alpha value is -6.45. The zero-order valence-electron chi connectivity index (χ0n) is 30.1. The van der Waals surface area contributed by atoms with E-state index in [1.54, 1.807) is 23.5 Å². The Balaban J connectivity index is 0.891. The van der Waals surface area contributed by atoms with Gasteiger partial charge >= 0.3 is 0 Å². The van der Waals surface area contributed by atoms with E-state index in [2.05, 4.69) is 143 Å². The van der Waals surface area contributed by atoms with Crippen molar-refractivity contribution in [2.24, 2.45) is 0 Å². The van der Waals surface area contributed by atoms with Gasteiger partial charge in [0.25, 0.3) is 0 Å². The van der Waals surface area contributed by atoms with Crippen molar-refractivity contribution in [2.75, 3.05) is 0 Å². The highest BCUT2D eigenvalue weighted by atomic mass is 14.7. The number of hydrogen-bond acceptors (Lipinski definition) is 3. The fraction of sp³-hybridized carbons (Fsp3) is 0.118. The average Bonchev–Trinajstić information content (AvgIpc) is 3.52. The maximum atomic E-state index is 5.05. The van der Waals surface area contributed by atoms with Crippen LogP contribution in [0.3, 0.4) is 0 Å². The van der Waals surface area contributed by atoms with E-state index in [0.29, 0.717) is 0 Å². The molecule has 8 aromatic rings. The highest BCUT2D eigenvalue weighted by molar-refractivity contribution is 5.85. The molecule has 3 aromatic heterocycles. The Kier molecular flexibility index (Phi) is 8.06. The van der Waals surface area contributed by atoms with Crippen molar-refractivity contribution in [1.82, 2.24) is 15.0 Å². The monoisotopic (exact) mass is 693 g/mol. The third-order valence-electron chi connectivity index (χ3n) is 11.7. The second-order valence-corrected chi connectivity index (χ2v) is 14.8. The lowest BCUT2D eigenvalue weighted by atomic mass is 9.68. The van der Waals surface area contributed by atoms with Crippen LogP contribution >= 0.6 is 0 Å². The highest BCUT2D eigenvalue weighted by Gasteiger charge is 2.43. The van der Waals surface area contributed by atoms with Crippen LogP contribution in [0.1, 0.15) is 43.2 Å². The second kappa shape index (κ2) is 13.5. The summed E-state index contributed by atoms with van der Waals surface area (Å²) in [6.45, 7) is 0. The zero-order valence-corrected chi connectivity index (χ0v) is 30.1. The van der Waals surface area contributed by atoms with E-state index in [9.17, 15) is 0 Å². The van der Waals surface area contributed by atoms with Crippen LogP contribution in [-0.4, -0.2) is 15.0 Å². The Morgan fingerprint density at radius 1 is 0.352 bits per heavy atom. The standard InChI is InChI=1S/C51H39N3/c1-4-26-51(27-5-1)47-11-3-2-10-45(47)46-30-41(24-25-48(46)51)39-18-16-37(17-19-39)35-12-14-36(15-13-35)38-20-22-40(23-21-38)49-31-44(42-8-6-28-52-33-42)32-50(54-49)43-9-7-29-53-34-43/h2-3,6-25,28-34H,1,4-5,26-27H2. The summed E-state index contributed by atoms with van der Waals surface area (Å²) in [6.07, 6.45) is 13.9. The van der Waals surface area contributed by atoms with Gasteiger partial charge in [-0.05, 0) is 110 Å². The van der Waals surface area contributed by atoms with E-state index in [1.807, 2.05) is 30.6 Å². The van der Waals surface area contributed by atoms with Gasteiger partial charge in [-0.2, -0.15) is 0 Å². The number of rotatable bonds is 6. The molecule has 0 N–H and O–H groups in total. The first-order chi connectivity index (χ1) is 26.7. The summed E-state index contributed by atoms with van der Waals surface area (Å²) in [7, 11) is 0. The van der Waals surface area contributed by atoms with E-state index in [0.717, 1.165) is 33.6 Å². The number of nitrogens with zero attached hydrogens (tertiary/aromatic N) is 3. The van der Waals surface area contributed by atoms with Crippen LogP contribution in [0.5, 0.6) is 0 Å². The number of pyridine rings is 3. The molecule has 0 aliphatic heterocycles. The maximum Gasteiger partial charge on any atom is 0.0731 e. The molecule has 0 saturated heterocycles. The van der Waals surface area contributed by atoms with Crippen molar-refractivity contribution in [2.45, 2.75) is 37.5 Å². The van der Waals surface area contributed by atoms with E-state index in [4.69, 9.17) is 4.98 Å². The molecule has 3 nitrogen and oxygen atoms in total. The molecule has 3 heterocycles. The zero-order chi connectivity index (χ0) is 35.9. The normalized spacial score (nSPS) is 14.1. The number of hydrogen-bond donors (Lipinski definition) is 0. The number of aromatic nitrogens is 3. The second-order valence-electron chi connectivity index (χ2n) is 14.8. The molecular formula is C51H39N3. The van der Waals surface area contributed by atoms with Crippen LogP contribution in [0, 0.1) is 0 Å². The molecule has 2 aliphatic rings. The predicted molar refractivity (Wildman–Crippen MR) is 222 cm³/mol. The molecule has 258 valence electrons. The van der Waals surface area contributed by atoms with E-state index in [-0.39, 0.29) is 5.41 Å². The van der Waals surface area contributed by atoms with Gasteiger partial charge in [0.1, 0.15) is 0 Å². The molecule has 0 atom stereocenters. The number of fused-ring (bicyclic) bond motifs is 5. The van der Waals surface area contributed by atoms with Gasteiger partial charge in [0.15, 0.2) is 0 Å². The minimum atomic E-state index is 0.204. The highest BCUT2D eigenvalue weighted by Crippen LogP contribution is 2.56. The summed E-state index contributed by atoms with van der Waals surface area (Å²) in [5.74, 6) is 0. The molecule has 10 rings (SSSR count). The summed E-state index contributed by atoms with van der Waals surface area (Å²) in [5.41, 5.74) is 19.5. The lowest BCUT2D eigenvalue weighted by molar-refractivity contribution is 0.353. The summed E-state index contributed by atoms with van der Waals surface area (Å²) in [6, 6.07) is 55.3. The van der Waals surface area contributed by atoms with E-state index >= 15 is 0 Å². The third kappa shape index (κ3) is 5.74. The van der Waals surface area contributed by atoms with Crippen molar-refractivity contribution in [3.8, 4) is 78.1 Å². The van der Waals surface area contributed by atoms with E-state index in [1.165, 1.54) is 76.6 Å². The fourth-order valence-electron chi connectivity index (χ4n) is 8.92. The summed E-state index contributed by atoms with van der Waals surface area (Å²) < 4.78 is 0. The van der Waals surface area contributed by atoms with Crippen LogP contribution in [-0.2, 0) is 5.41 Å². The first kappa shape index (κ1) is 32.2. The van der Waals surface area contributed by atoms with Gasteiger partial charge in [0.2, 0.25) is 0 Å². The average molecular weight is 694 g/mol. The largest absolute Gasteiger partial charge is 0.264 e. The van der Waals surface area contributed by atoms with Crippen molar-refractivity contribution in [1.29, 1.82) is 0 Å². The quantitative estimate of drug-likeness (QED) is 0.174. The van der Waals surface area contributed by atoms with Gasteiger partial charge in [-0.3, -0.25) is 9.97 Å². The van der Waals surface area contributed by atoms with Crippen LogP contribution in [0.15, 0.2) is 176 Å². The van der Waals surface area contributed by atoms with Gasteiger partial charge in [-0.1, -0.05) is 135 Å². The van der Waals surface area contributed by atoms with Gasteiger partial charge in [0, 0.05) is 46.9 Å². The first-order valence-corrected chi connectivity index (χ1v) is 19.1. The van der Waals surface area contributed by atoms with Crippen LogP contribution < -0.4 is 0 Å². The Morgan fingerprint density at radius 2 is 0.852 bits per heavy atom. The van der Waals surface area contributed by atoms with Crippen molar-refractivity contribution in [3.63, 3.8) is 0 Å². The molecule has 0 amide bonds. The Labute approximate surface area is 317 Å². The Bertz CT molecular complexity index is 2530. The SMILES string of the molecule is c1cncc(-c2cc(-c3ccc(-c4ccc(-c5ccc(-c6ccc7c(c6)-c6ccccc6C76CCCCC6)cc5)cc4)cc3)nc(-c3cccnc3)c2)c1. The molecule has 1 spiro atoms. The van der Waals surface area contributed by atoms with Crippen LogP contribution in [0.2, 0.25) is 0 Å². The van der Waals surface area contributed by atoms with Crippen molar-refractivity contribution < 1.29 is 0 Å². The lowest BCUT2D eigenvalue weighted by Crippen LogP contribution is -2.27. The van der Waals surface area contributed by atoms with Crippen molar-refractivity contribution >= 4 is 0 Å². The minimum Gasteiger partial charge on any atom is -0.264 e. The Morgan fingerprint density at radius 3 is 1.44 bits per heavy atom. The molecule has 2 aliphatic carbocycles. The smallest absolute Gasteiger partial charge is 0.0731 e. The number of benzene rings is 5. The molecule has 0 bridgehead atoms. The summed E-state index contributed by atoms with van der Waals surface area (Å²) in [4.78, 5) is 13.7. The fourth-order valence-corrected chi connectivity index (χ4v) is 8.92. The van der Waals surface area contributed by atoms with E-state index < -0.39 is 0 Å². The predicted octanol–water partition coefficient (Wildman–Crippen LogP) is 13.1.